The largest absolute Gasteiger partial charge is 0.392 e. The number of aliphatic hydroxyl groups excluding tert-OH is 1. The average molecular weight is 429 g/mol. The molecule has 0 aliphatic rings. The quantitative estimate of drug-likeness (QED) is 0.511. The van der Waals surface area contributed by atoms with Crippen molar-refractivity contribution in [3.8, 4) is 11.3 Å². The second-order valence-corrected chi connectivity index (χ2v) is 8.12. The highest BCUT2D eigenvalue weighted by Gasteiger charge is 2.16. The van der Waals surface area contributed by atoms with Crippen LogP contribution in [-0.4, -0.2) is 34.8 Å². The summed E-state index contributed by atoms with van der Waals surface area (Å²) in [4.78, 5) is 10.6. The Bertz CT molecular complexity index is 1030. The number of hydrogen-bond donors (Lipinski definition) is 2. The number of aromatic nitrogens is 2. The zero-order chi connectivity index (χ0) is 21.8. The lowest BCUT2D eigenvalue weighted by atomic mass is 10.0. The summed E-state index contributed by atoms with van der Waals surface area (Å²) in [6.45, 7) is 6.36. The number of anilines is 3. The summed E-state index contributed by atoms with van der Waals surface area (Å²) in [5, 5.41) is 13.7. The van der Waals surface area contributed by atoms with Crippen LogP contribution >= 0.6 is 11.6 Å². The lowest BCUT2D eigenvalue weighted by molar-refractivity contribution is 0.201. The molecule has 2 heterocycles. The third-order valence-electron chi connectivity index (χ3n) is 4.78. The fraction of sp³-hybridized carbons (Fsp3) is 0.304. The fourth-order valence-corrected chi connectivity index (χ4v) is 3.48. The fourth-order valence-electron chi connectivity index (χ4n) is 3.31. The van der Waals surface area contributed by atoms with Gasteiger partial charge in [0.2, 0.25) is 0 Å². The first kappa shape index (κ1) is 22.0. The van der Waals surface area contributed by atoms with Crippen LogP contribution < -0.4 is 10.2 Å². The normalized spacial score (nSPS) is 12.1. The Morgan fingerprint density at radius 3 is 2.60 bits per heavy atom. The van der Waals surface area contributed by atoms with E-state index in [2.05, 4.69) is 29.1 Å². The first-order valence-electron chi connectivity index (χ1n) is 9.82. The third-order valence-corrected chi connectivity index (χ3v) is 5.01. The Morgan fingerprint density at radius 1 is 1.13 bits per heavy atom. The van der Waals surface area contributed by atoms with Gasteiger partial charge in [0, 0.05) is 42.3 Å². The van der Waals surface area contributed by atoms with Crippen LogP contribution in [0.1, 0.15) is 32.3 Å². The number of aliphatic hydroxyl groups is 1. The van der Waals surface area contributed by atoms with Gasteiger partial charge in [-0.2, -0.15) is 0 Å². The molecule has 0 amide bonds. The Kier molecular flexibility index (Phi) is 6.90. The molecule has 1 atom stereocenters. The lowest BCUT2D eigenvalue weighted by Crippen LogP contribution is -2.27. The summed E-state index contributed by atoms with van der Waals surface area (Å²) in [6, 6.07) is 8.14. The second kappa shape index (κ2) is 9.41. The van der Waals surface area contributed by atoms with Crippen molar-refractivity contribution in [1.29, 1.82) is 0 Å². The molecule has 158 valence electrons. The highest BCUT2D eigenvalue weighted by molar-refractivity contribution is 6.30. The van der Waals surface area contributed by atoms with Gasteiger partial charge in [0.25, 0.3) is 0 Å². The SMILES string of the molecule is CC(O)CN(C)c1cnccc1Nc1cc(-c2cc(Cl)ccc2F)ncc1C(C)C. The summed E-state index contributed by atoms with van der Waals surface area (Å²) in [6.07, 6.45) is 4.74. The molecule has 30 heavy (non-hydrogen) atoms. The number of hydrogen-bond acceptors (Lipinski definition) is 5. The van der Waals surface area contributed by atoms with Crippen molar-refractivity contribution in [2.24, 2.45) is 0 Å². The minimum absolute atomic E-state index is 0.207. The van der Waals surface area contributed by atoms with E-state index >= 15 is 0 Å². The lowest BCUT2D eigenvalue weighted by Gasteiger charge is -2.24. The minimum Gasteiger partial charge on any atom is -0.392 e. The monoisotopic (exact) mass is 428 g/mol. The first-order chi connectivity index (χ1) is 14.3. The molecular formula is C23H26ClFN4O. The van der Waals surface area contributed by atoms with Crippen molar-refractivity contribution >= 4 is 28.7 Å². The van der Waals surface area contributed by atoms with Gasteiger partial charge in [-0.3, -0.25) is 9.97 Å². The highest BCUT2D eigenvalue weighted by Crippen LogP contribution is 2.34. The van der Waals surface area contributed by atoms with Gasteiger partial charge in [-0.15, -0.1) is 0 Å². The molecule has 0 saturated heterocycles. The van der Waals surface area contributed by atoms with Gasteiger partial charge in [0.05, 0.1) is 29.4 Å². The second-order valence-electron chi connectivity index (χ2n) is 7.68. The molecule has 2 aromatic heterocycles. The predicted molar refractivity (Wildman–Crippen MR) is 121 cm³/mol. The van der Waals surface area contributed by atoms with Gasteiger partial charge in [0.15, 0.2) is 0 Å². The molecule has 1 unspecified atom stereocenters. The summed E-state index contributed by atoms with van der Waals surface area (Å²) in [5.41, 5.74) is 4.35. The van der Waals surface area contributed by atoms with Crippen LogP contribution in [0.2, 0.25) is 5.02 Å². The summed E-state index contributed by atoms with van der Waals surface area (Å²) < 4.78 is 14.4. The van der Waals surface area contributed by atoms with E-state index < -0.39 is 6.10 Å². The van der Waals surface area contributed by atoms with Gasteiger partial charge in [0.1, 0.15) is 5.82 Å². The van der Waals surface area contributed by atoms with Crippen molar-refractivity contribution in [2.75, 3.05) is 23.8 Å². The number of halogens is 2. The van der Waals surface area contributed by atoms with E-state index in [-0.39, 0.29) is 11.7 Å². The molecule has 0 radical (unpaired) electrons. The van der Waals surface area contributed by atoms with Gasteiger partial charge < -0.3 is 15.3 Å². The van der Waals surface area contributed by atoms with Crippen LogP contribution in [0.25, 0.3) is 11.3 Å². The third kappa shape index (κ3) is 5.07. The molecule has 0 spiro atoms. The molecule has 5 nitrogen and oxygen atoms in total. The van der Waals surface area contributed by atoms with Crippen molar-refractivity contribution in [2.45, 2.75) is 32.8 Å². The van der Waals surface area contributed by atoms with E-state index in [0.717, 1.165) is 22.6 Å². The van der Waals surface area contributed by atoms with Crippen LogP contribution in [0, 0.1) is 5.82 Å². The Labute approximate surface area is 181 Å². The maximum Gasteiger partial charge on any atom is 0.132 e. The van der Waals surface area contributed by atoms with E-state index in [4.69, 9.17) is 11.6 Å². The number of rotatable bonds is 7. The van der Waals surface area contributed by atoms with Crippen LogP contribution in [0.3, 0.4) is 0 Å². The number of pyridine rings is 2. The molecule has 0 aliphatic heterocycles. The molecule has 0 aliphatic carbocycles. The summed E-state index contributed by atoms with van der Waals surface area (Å²) >= 11 is 6.07. The zero-order valence-electron chi connectivity index (χ0n) is 17.5. The smallest absolute Gasteiger partial charge is 0.132 e. The Hall–Kier alpha value is -2.70. The molecule has 2 N–H and O–H groups in total. The van der Waals surface area contributed by atoms with E-state index in [1.165, 1.54) is 12.1 Å². The molecule has 3 aromatic rings. The number of likely N-dealkylation sites (N-methyl/N-ethyl adjacent to an activating group) is 1. The maximum absolute atomic E-state index is 14.4. The zero-order valence-corrected chi connectivity index (χ0v) is 18.3. The molecular weight excluding hydrogens is 403 g/mol. The average Bonchev–Trinajstić information content (AvgIpc) is 2.69. The van der Waals surface area contributed by atoms with E-state index in [1.54, 1.807) is 31.6 Å². The van der Waals surface area contributed by atoms with E-state index in [1.807, 2.05) is 24.1 Å². The first-order valence-corrected chi connectivity index (χ1v) is 10.2. The number of benzene rings is 1. The minimum atomic E-state index is -0.479. The van der Waals surface area contributed by atoms with Gasteiger partial charge in [-0.05, 0) is 48.7 Å². The molecule has 7 heteroatoms. The standard InChI is InChI=1S/C23H26ClFN4O/c1-14(2)18-11-27-21(17-9-16(24)5-6-19(17)25)10-22(18)28-20-7-8-26-12-23(20)29(4)13-15(3)30/h5-12,14-15,30H,13H2,1-4H3,(H,26,27,28). The summed E-state index contributed by atoms with van der Waals surface area (Å²) in [5.74, 6) is -0.171. The van der Waals surface area contributed by atoms with Crippen molar-refractivity contribution in [1.82, 2.24) is 9.97 Å². The molecule has 3 rings (SSSR count). The van der Waals surface area contributed by atoms with Crippen molar-refractivity contribution in [3.05, 3.63) is 65.3 Å². The van der Waals surface area contributed by atoms with E-state index in [9.17, 15) is 9.50 Å². The molecule has 0 saturated carbocycles. The van der Waals surface area contributed by atoms with Gasteiger partial charge in [-0.25, -0.2) is 4.39 Å². The van der Waals surface area contributed by atoms with Crippen LogP contribution in [0.15, 0.2) is 48.9 Å². The topological polar surface area (TPSA) is 61.3 Å². The number of nitrogens with zero attached hydrogens (tertiary/aromatic N) is 3. The molecule has 1 aromatic carbocycles. The number of nitrogens with one attached hydrogen (secondary N) is 1. The van der Waals surface area contributed by atoms with E-state index in [0.29, 0.717) is 22.8 Å². The van der Waals surface area contributed by atoms with Crippen molar-refractivity contribution in [3.63, 3.8) is 0 Å². The van der Waals surface area contributed by atoms with Gasteiger partial charge >= 0.3 is 0 Å². The predicted octanol–water partition coefficient (Wildman–Crippen LogP) is 5.62. The Balaban J connectivity index is 2.05. The molecule has 0 bridgehead atoms. The maximum atomic E-state index is 14.4. The summed E-state index contributed by atoms with van der Waals surface area (Å²) in [7, 11) is 1.90. The van der Waals surface area contributed by atoms with Crippen LogP contribution in [-0.2, 0) is 0 Å². The van der Waals surface area contributed by atoms with Crippen LogP contribution in [0.4, 0.5) is 21.5 Å². The van der Waals surface area contributed by atoms with Crippen molar-refractivity contribution < 1.29 is 9.50 Å². The van der Waals surface area contributed by atoms with Gasteiger partial charge in [-0.1, -0.05) is 25.4 Å². The van der Waals surface area contributed by atoms with Crippen LogP contribution in [0.5, 0.6) is 0 Å². The molecule has 0 fully saturated rings. The highest BCUT2D eigenvalue weighted by atomic mass is 35.5. The Morgan fingerprint density at radius 2 is 1.90 bits per heavy atom.